The van der Waals surface area contributed by atoms with Crippen LogP contribution < -0.4 is 5.32 Å². The summed E-state index contributed by atoms with van der Waals surface area (Å²) in [5.41, 5.74) is 0. The van der Waals surface area contributed by atoms with Crippen molar-refractivity contribution in [3.8, 4) is 0 Å². The molecule has 2 rings (SSSR count). The number of sulfonamides is 1. The molecule has 0 aromatic heterocycles. The Labute approximate surface area is 105 Å². The van der Waals surface area contributed by atoms with Crippen LogP contribution in [0, 0.1) is 11.8 Å². The van der Waals surface area contributed by atoms with Crippen molar-refractivity contribution in [2.24, 2.45) is 11.8 Å². The zero-order valence-electron chi connectivity index (χ0n) is 10.9. The van der Waals surface area contributed by atoms with Gasteiger partial charge in [0.25, 0.3) is 0 Å². The van der Waals surface area contributed by atoms with Gasteiger partial charge in [0.1, 0.15) is 0 Å². The molecule has 5 heteroatoms. The van der Waals surface area contributed by atoms with Gasteiger partial charge in [0, 0.05) is 19.6 Å². The standard InChI is InChI=1S/C12H24N2O2S/c1-10(7-13-2)17(15,16)14-8-11-4-3-5-12(6-11)9-14/h10-13H,3-9H2,1-2H3. The van der Waals surface area contributed by atoms with Gasteiger partial charge in [0.05, 0.1) is 5.25 Å². The number of nitrogens with zero attached hydrogens (tertiary/aromatic N) is 1. The van der Waals surface area contributed by atoms with Crippen molar-refractivity contribution in [3.05, 3.63) is 0 Å². The molecule has 0 radical (unpaired) electrons. The normalized spacial score (nSPS) is 32.4. The van der Waals surface area contributed by atoms with Crippen LogP contribution >= 0.6 is 0 Å². The molecule has 3 unspecified atom stereocenters. The molecule has 0 aromatic carbocycles. The summed E-state index contributed by atoms with van der Waals surface area (Å²) in [7, 11) is -1.29. The molecule has 1 N–H and O–H groups in total. The van der Waals surface area contributed by atoms with E-state index in [9.17, 15) is 8.42 Å². The number of piperidine rings is 1. The minimum atomic E-state index is -3.10. The Balaban J connectivity index is 2.06. The maximum atomic E-state index is 12.4. The summed E-state index contributed by atoms with van der Waals surface area (Å²) in [4.78, 5) is 0. The SMILES string of the molecule is CNCC(C)S(=O)(=O)N1CC2CCCC(C2)C1. The van der Waals surface area contributed by atoms with Crippen LogP contribution in [-0.2, 0) is 10.0 Å². The summed E-state index contributed by atoms with van der Waals surface area (Å²) in [5, 5.41) is 2.64. The van der Waals surface area contributed by atoms with E-state index in [4.69, 9.17) is 0 Å². The van der Waals surface area contributed by atoms with E-state index in [1.807, 2.05) is 0 Å². The Kier molecular flexibility index (Phi) is 4.10. The average Bonchev–Trinajstić information content (AvgIpc) is 2.28. The quantitative estimate of drug-likeness (QED) is 0.822. The van der Waals surface area contributed by atoms with E-state index < -0.39 is 10.0 Å². The molecule has 1 saturated heterocycles. The van der Waals surface area contributed by atoms with Crippen LogP contribution in [0.25, 0.3) is 0 Å². The Morgan fingerprint density at radius 2 is 1.88 bits per heavy atom. The van der Waals surface area contributed by atoms with E-state index in [1.165, 1.54) is 25.7 Å². The zero-order chi connectivity index (χ0) is 12.5. The van der Waals surface area contributed by atoms with Gasteiger partial charge in [-0.2, -0.15) is 0 Å². The number of hydrogen-bond acceptors (Lipinski definition) is 3. The summed E-state index contributed by atoms with van der Waals surface area (Å²) in [6, 6.07) is 0. The molecule has 1 heterocycles. The molecule has 0 aromatic rings. The third kappa shape index (κ3) is 2.83. The molecule has 2 fully saturated rings. The second-order valence-electron chi connectivity index (χ2n) is 5.63. The second-order valence-corrected chi connectivity index (χ2v) is 7.98. The van der Waals surface area contributed by atoms with Crippen LogP contribution in [0.5, 0.6) is 0 Å². The average molecular weight is 260 g/mol. The minimum Gasteiger partial charge on any atom is -0.318 e. The molecule has 4 nitrogen and oxygen atoms in total. The monoisotopic (exact) mass is 260 g/mol. The van der Waals surface area contributed by atoms with Crippen molar-refractivity contribution in [1.82, 2.24) is 9.62 Å². The van der Waals surface area contributed by atoms with E-state index in [2.05, 4.69) is 5.32 Å². The van der Waals surface area contributed by atoms with Crippen molar-refractivity contribution in [2.45, 2.75) is 37.9 Å². The zero-order valence-corrected chi connectivity index (χ0v) is 11.7. The van der Waals surface area contributed by atoms with Crippen molar-refractivity contribution in [2.75, 3.05) is 26.7 Å². The molecule has 1 aliphatic heterocycles. The fourth-order valence-electron chi connectivity index (χ4n) is 3.24. The van der Waals surface area contributed by atoms with Crippen LogP contribution in [0.1, 0.15) is 32.6 Å². The van der Waals surface area contributed by atoms with Gasteiger partial charge in [-0.1, -0.05) is 6.42 Å². The van der Waals surface area contributed by atoms with Crippen molar-refractivity contribution < 1.29 is 8.42 Å². The van der Waals surface area contributed by atoms with Gasteiger partial charge in [0.2, 0.25) is 10.0 Å². The Morgan fingerprint density at radius 1 is 1.29 bits per heavy atom. The van der Waals surface area contributed by atoms with Gasteiger partial charge in [-0.25, -0.2) is 12.7 Å². The molecule has 1 saturated carbocycles. The van der Waals surface area contributed by atoms with Crippen LogP contribution in [0.15, 0.2) is 0 Å². The van der Waals surface area contributed by atoms with Gasteiger partial charge in [-0.3, -0.25) is 0 Å². The molecule has 2 bridgehead atoms. The molecule has 0 amide bonds. The number of fused-ring (bicyclic) bond motifs is 2. The molecular weight excluding hydrogens is 236 g/mol. The third-order valence-corrected chi connectivity index (χ3v) is 6.38. The molecule has 2 aliphatic rings. The van der Waals surface area contributed by atoms with Crippen molar-refractivity contribution >= 4 is 10.0 Å². The first-order valence-electron chi connectivity index (χ1n) is 6.67. The van der Waals surface area contributed by atoms with Crippen molar-refractivity contribution in [3.63, 3.8) is 0 Å². The molecule has 3 atom stereocenters. The van der Waals surface area contributed by atoms with Gasteiger partial charge < -0.3 is 5.32 Å². The summed E-state index contributed by atoms with van der Waals surface area (Å²) < 4.78 is 26.5. The Bertz CT molecular complexity index is 344. The van der Waals surface area contributed by atoms with Crippen LogP contribution in [0.3, 0.4) is 0 Å². The van der Waals surface area contributed by atoms with Gasteiger partial charge in [0.15, 0.2) is 0 Å². The largest absolute Gasteiger partial charge is 0.318 e. The lowest BCUT2D eigenvalue weighted by atomic mass is 9.79. The van der Waals surface area contributed by atoms with E-state index in [0.29, 0.717) is 18.4 Å². The van der Waals surface area contributed by atoms with Crippen LogP contribution in [-0.4, -0.2) is 44.7 Å². The Morgan fingerprint density at radius 3 is 2.41 bits per heavy atom. The fraction of sp³-hybridized carbons (Fsp3) is 1.00. The molecule has 100 valence electrons. The fourth-order valence-corrected chi connectivity index (χ4v) is 4.96. The summed E-state index contributed by atoms with van der Waals surface area (Å²) in [6.07, 6.45) is 4.95. The highest BCUT2D eigenvalue weighted by Crippen LogP contribution is 2.35. The molecule has 1 aliphatic carbocycles. The lowest BCUT2D eigenvalue weighted by Crippen LogP contribution is -2.49. The number of rotatable bonds is 4. The predicted octanol–water partition coefficient (Wildman–Crippen LogP) is 1.05. The number of hydrogen-bond donors (Lipinski definition) is 1. The van der Waals surface area contributed by atoms with Gasteiger partial charge in [-0.05, 0) is 45.1 Å². The predicted molar refractivity (Wildman–Crippen MR) is 69.3 cm³/mol. The van der Waals surface area contributed by atoms with Crippen LogP contribution in [0.4, 0.5) is 0 Å². The Hall–Kier alpha value is -0.130. The second kappa shape index (κ2) is 5.24. The summed E-state index contributed by atoms with van der Waals surface area (Å²) in [5.74, 6) is 1.22. The van der Waals surface area contributed by atoms with Crippen LogP contribution in [0.2, 0.25) is 0 Å². The topological polar surface area (TPSA) is 49.4 Å². The van der Waals surface area contributed by atoms with E-state index in [-0.39, 0.29) is 5.25 Å². The maximum absolute atomic E-state index is 12.4. The lowest BCUT2D eigenvalue weighted by Gasteiger charge is -2.41. The van der Waals surface area contributed by atoms with Crippen molar-refractivity contribution in [1.29, 1.82) is 0 Å². The van der Waals surface area contributed by atoms with E-state index in [1.54, 1.807) is 18.3 Å². The van der Waals surface area contributed by atoms with Gasteiger partial charge >= 0.3 is 0 Å². The first-order valence-corrected chi connectivity index (χ1v) is 8.18. The summed E-state index contributed by atoms with van der Waals surface area (Å²) >= 11 is 0. The third-order valence-electron chi connectivity index (χ3n) is 4.18. The lowest BCUT2D eigenvalue weighted by molar-refractivity contribution is 0.143. The maximum Gasteiger partial charge on any atom is 0.217 e. The van der Waals surface area contributed by atoms with E-state index in [0.717, 1.165) is 13.1 Å². The highest BCUT2D eigenvalue weighted by Gasteiger charge is 2.37. The number of nitrogens with one attached hydrogen (secondary N) is 1. The highest BCUT2D eigenvalue weighted by atomic mass is 32.2. The molecule has 0 spiro atoms. The molecule has 17 heavy (non-hydrogen) atoms. The molecular formula is C12H24N2O2S. The van der Waals surface area contributed by atoms with E-state index >= 15 is 0 Å². The summed E-state index contributed by atoms with van der Waals surface area (Å²) in [6.45, 7) is 3.85. The first kappa shape index (κ1) is 13.3. The first-order chi connectivity index (χ1) is 8.04. The smallest absolute Gasteiger partial charge is 0.217 e. The minimum absolute atomic E-state index is 0.314. The van der Waals surface area contributed by atoms with Gasteiger partial charge in [-0.15, -0.1) is 0 Å². The highest BCUT2D eigenvalue weighted by molar-refractivity contribution is 7.89.